The standard InChI is InChI=1S/C55H46N2/c1-3-4-17-40(2)56(49-36-34-44(35-37-49)43-32-30-42(31-33-43)41-18-8-7-9-19-41)50-25-15-21-46(39-50)45-20-14-22-47(38-45)51-27-16-29-54-55(51)52-26-12-13-28-53(52)57(54)48-23-10-5-6-11-24-48/h3-5,7-30,32-39,42H,6,31H2,1-2H3/b4-3-,40-17+. The number of aromatic nitrogens is 1. The van der Waals surface area contributed by atoms with Gasteiger partial charge in [0.1, 0.15) is 0 Å². The lowest BCUT2D eigenvalue weighted by Crippen LogP contribution is -2.14. The number of anilines is 2. The summed E-state index contributed by atoms with van der Waals surface area (Å²) in [4.78, 5) is 2.36. The highest BCUT2D eigenvalue weighted by Gasteiger charge is 2.18. The van der Waals surface area contributed by atoms with Crippen LogP contribution in [0.1, 0.15) is 43.7 Å². The monoisotopic (exact) mass is 734 g/mol. The highest BCUT2D eigenvalue weighted by molar-refractivity contribution is 6.16. The fourth-order valence-corrected chi connectivity index (χ4v) is 8.40. The zero-order valence-corrected chi connectivity index (χ0v) is 32.6. The summed E-state index contributed by atoms with van der Waals surface area (Å²) >= 11 is 0. The largest absolute Gasteiger partial charge is 0.314 e. The normalized spacial score (nSPS) is 15.6. The SMILES string of the molecule is C/C=C\C=C(/C)N(c1ccc(C2=CCC(c3ccccc3)C=C2)cc1)c1cccc(-c2cccc(-c3cccc4c3c3ccccc3n4C3=CC=CCC=C3)c2)c1. The molecule has 0 N–H and O–H groups in total. The van der Waals surface area contributed by atoms with Gasteiger partial charge in [-0.05, 0) is 126 Å². The summed E-state index contributed by atoms with van der Waals surface area (Å²) in [7, 11) is 0. The Morgan fingerprint density at radius 1 is 0.667 bits per heavy atom. The van der Waals surface area contributed by atoms with Gasteiger partial charge in [0.2, 0.25) is 0 Å². The Morgan fingerprint density at radius 2 is 1.42 bits per heavy atom. The number of allylic oxidation sites excluding steroid dienone is 14. The van der Waals surface area contributed by atoms with E-state index in [2.05, 4.69) is 236 Å². The maximum Gasteiger partial charge on any atom is 0.0547 e. The van der Waals surface area contributed by atoms with Crippen LogP contribution in [0.5, 0.6) is 0 Å². The van der Waals surface area contributed by atoms with Crippen molar-refractivity contribution in [3.63, 3.8) is 0 Å². The van der Waals surface area contributed by atoms with Crippen LogP contribution in [0.3, 0.4) is 0 Å². The summed E-state index contributed by atoms with van der Waals surface area (Å²) in [5.41, 5.74) is 15.7. The molecule has 1 atom stereocenters. The van der Waals surface area contributed by atoms with Crippen molar-refractivity contribution >= 4 is 44.5 Å². The molecule has 0 aliphatic heterocycles. The molecule has 2 aliphatic rings. The third-order valence-corrected chi connectivity index (χ3v) is 11.2. The molecule has 2 heteroatoms. The second kappa shape index (κ2) is 16.1. The van der Waals surface area contributed by atoms with Gasteiger partial charge in [0.15, 0.2) is 0 Å². The van der Waals surface area contributed by atoms with Crippen LogP contribution >= 0.6 is 0 Å². The van der Waals surface area contributed by atoms with E-state index in [4.69, 9.17) is 0 Å². The molecule has 0 saturated carbocycles. The molecular weight excluding hydrogens is 689 g/mol. The van der Waals surface area contributed by atoms with Crippen LogP contribution in [0.15, 0.2) is 218 Å². The van der Waals surface area contributed by atoms with E-state index in [-0.39, 0.29) is 0 Å². The van der Waals surface area contributed by atoms with E-state index in [1.165, 1.54) is 66.5 Å². The van der Waals surface area contributed by atoms with E-state index in [9.17, 15) is 0 Å². The molecule has 1 unspecified atom stereocenters. The third-order valence-electron chi connectivity index (χ3n) is 11.2. The van der Waals surface area contributed by atoms with Gasteiger partial charge < -0.3 is 9.47 Å². The van der Waals surface area contributed by atoms with E-state index < -0.39 is 0 Å². The second-order valence-corrected chi connectivity index (χ2v) is 14.8. The van der Waals surface area contributed by atoms with Crippen molar-refractivity contribution in [3.8, 4) is 22.3 Å². The maximum absolute atomic E-state index is 2.41. The van der Waals surface area contributed by atoms with Crippen molar-refractivity contribution in [1.29, 1.82) is 0 Å². The fourth-order valence-electron chi connectivity index (χ4n) is 8.40. The number of nitrogens with zero attached hydrogens (tertiary/aromatic N) is 2. The summed E-state index contributed by atoms with van der Waals surface area (Å²) in [6, 6.07) is 53.3. The van der Waals surface area contributed by atoms with Gasteiger partial charge in [-0.25, -0.2) is 0 Å². The van der Waals surface area contributed by atoms with Crippen LogP contribution in [0.2, 0.25) is 0 Å². The Kier molecular flexibility index (Phi) is 10.1. The Bertz CT molecular complexity index is 2800. The van der Waals surface area contributed by atoms with E-state index in [1.807, 2.05) is 0 Å². The lowest BCUT2D eigenvalue weighted by atomic mass is 9.88. The van der Waals surface area contributed by atoms with Crippen molar-refractivity contribution in [2.24, 2.45) is 0 Å². The van der Waals surface area contributed by atoms with Crippen LogP contribution in [-0.2, 0) is 0 Å². The van der Waals surface area contributed by atoms with Crippen LogP contribution < -0.4 is 4.90 Å². The van der Waals surface area contributed by atoms with Crippen LogP contribution in [0.4, 0.5) is 11.4 Å². The Morgan fingerprint density at radius 3 is 2.25 bits per heavy atom. The van der Waals surface area contributed by atoms with Gasteiger partial charge in [-0.2, -0.15) is 0 Å². The van der Waals surface area contributed by atoms with Gasteiger partial charge in [0.05, 0.1) is 11.0 Å². The van der Waals surface area contributed by atoms with E-state index >= 15 is 0 Å². The Labute approximate surface area is 336 Å². The van der Waals surface area contributed by atoms with Gasteiger partial charge in [0, 0.05) is 39.5 Å². The molecule has 1 heterocycles. The predicted molar refractivity (Wildman–Crippen MR) is 246 cm³/mol. The topological polar surface area (TPSA) is 8.17 Å². The van der Waals surface area contributed by atoms with E-state index in [0.717, 1.165) is 29.9 Å². The van der Waals surface area contributed by atoms with Gasteiger partial charge >= 0.3 is 0 Å². The minimum Gasteiger partial charge on any atom is -0.314 e. The fraction of sp³-hybridized carbons (Fsp3) is 0.0909. The van der Waals surface area contributed by atoms with E-state index in [0.29, 0.717) is 5.92 Å². The van der Waals surface area contributed by atoms with Crippen LogP contribution in [0.25, 0.3) is 55.3 Å². The van der Waals surface area contributed by atoms with Crippen LogP contribution in [0, 0.1) is 0 Å². The Hall–Kier alpha value is -6.90. The molecule has 2 nitrogen and oxygen atoms in total. The summed E-state index contributed by atoms with van der Waals surface area (Å²) < 4.78 is 2.41. The highest BCUT2D eigenvalue weighted by atomic mass is 15.1. The predicted octanol–water partition coefficient (Wildman–Crippen LogP) is 15.2. The molecule has 276 valence electrons. The number of benzene rings is 6. The van der Waals surface area contributed by atoms with Gasteiger partial charge in [-0.1, -0.05) is 152 Å². The number of rotatable bonds is 9. The molecular formula is C55H46N2. The summed E-state index contributed by atoms with van der Waals surface area (Å²) in [5, 5.41) is 2.53. The number of hydrogen-bond acceptors (Lipinski definition) is 1. The lowest BCUT2D eigenvalue weighted by Gasteiger charge is -2.27. The molecule has 57 heavy (non-hydrogen) atoms. The maximum atomic E-state index is 2.41. The van der Waals surface area contributed by atoms with Crippen LogP contribution in [-0.4, -0.2) is 4.57 Å². The quantitative estimate of drug-likeness (QED) is 0.134. The number of hydrogen-bond donors (Lipinski definition) is 0. The molecule has 0 saturated heterocycles. The Balaban J connectivity index is 1.06. The smallest absolute Gasteiger partial charge is 0.0547 e. The molecule has 7 aromatic rings. The molecule has 6 aromatic carbocycles. The molecule has 0 spiro atoms. The highest BCUT2D eigenvalue weighted by Crippen LogP contribution is 2.41. The molecule has 0 radical (unpaired) electrons. The van der Waals surface area contributed by atoms with Crippen molar-refractivity contribution in [3.05, 3.63) is 229 Å². The van der Waals surface area contributed by atoms with Crippen molar-refractivity contribution < 1.29 is 0 Å². The molecule has 1 aromatic heterocycles. The zero-order chi connectivity index (χ0) is 38.6. The third kappa shape index (κ3) is 7.19. The molecule has 9 rings (SSSR count). The van der Waals surface area contributed by atoms with Gasteiger partial charge in [-0.15, -0.1) is 0 Å². The lowest BCUT2D eigenvalue weighted by molar-refractivity contribution is 0.856. The zero-order valence-electron chi connectivity index (χ0n) is 32.6. The summed E-state index contributed by atoms with van der Waals surface area (Å²) in [6.45, 7) is 4.25. The number of fused-ring (bicyclic) bond motifs is 3. The molecule has 0 fully saturated rings. The molecule has 0 amide bonds. The first-order valence-electron chi connectivity index (χ1n) is 20.1. The summed E-state index contributed by atoms with van der Waals surface area (Å²) in [6.07, 6.45) is 26.4. The first-order valence-corrected chi connectivity index (χ1v) is 20.1. The first-order chi connectivity index (χ1) is 28.2. The van der Waals surface area contributed by atoms with Crippen molar-refractivity contribution in [2.45, 2.75) is 32.6 Å². The average Bonchev–Trinajstić information content (AvgIpc) is 3.38. The van der Waals surface area contributed by atoms with Gasteiger partial charge in [0.25, 0.3) is 0 Å². The minimum absolute atomic E-state index is 0.428. The van der Waals surface area contributed by atoms with E-state index in [1.54, 1.807) is 0 Å². The van der Waals surface area contributed by atoms with Crippen molar-refractivity contribution in [2.75, 3.05) is 4.90 Å². The second-order valence-electron chi connectivity index (χ2n) is 14.8. The first kappa shape index (κ1) is 35.8. The molecule has 0 bridgehead atoms. The van der Waals surface area contributed by atoms with Gasteiger partial charge in [-0.3, -0.25) is 0 Å². The summed E-state index contributed by atoms with van der Waals surface area (Å²) in [5.74, 6) is 0.428. The van der Waals surface area contributed by atoms with Crippen molar-refractivity contribution in [1.82, 2.24) is 4.57 Å². The minimum atomic E-state index is 0.428. The average molecular weight is 735 g/mol. The number of para-hydroxylation sites is 1. The molecule has 2 aliphatic carbocycles.